The number of nitrogens with one attached hydrogen (secondary N) is 1. The summed E-state index contributed by atoms with van der Waals surface area (Å²) in [7, 11) is -4.03. The Morgan fingerprint density at radius 3 is 2.67 bits per heavy atom. The second-order valence-electron chi connectivity index (χ2n) is 4.64. The molecule has 0 saturated heterocycles. The van der Waals surface area contributed by atoms with E-state index in [0.29, 0.717) is 11.3 Å². The number of nitrogens with zero attached hydrogens (tertiary/aromatic N) is 1. The maximum Gasteiger partial charge on any atom is 0.304 e. The number of halogens is 1. The molecule has 8 nitrogen and oxygen atoms in total. The molecule has 1 aromatic rings. The average molecular weight is 355 g/mol. The molecule has 1 fully saturated rings. The van der Waals surface area contributed by atoms with Crippen molar-refractivity contribution < 1.29 is 23.2 Å². The van der Waals surface area contributed by atoms with Crippen LogP contribution in [0.25, 0.3) is 0 Å². The highest BCUT2D eigenvalue weighted by Crippen LogP contribution is 2.38. The molecule has 21 heavy (non-hydrogen) atoms. The van der Waals surface area contributed by atoms with Crippen LogP contribution < -0.4 is 4.72 Å². The molecule has 2 N–H and O–H groups in total. The fourth-order valence-electron chi connectivity index (χ4n) is 1.84. The second kappa shape index (κ2) is 5.87. The number of hydrogen-bond donors (Lipinski definition) is 2. The maximum atomic E-state index is 12.2. The number of carboxylic acids is 1. The number of rotatable bonds is 7. The molecule has 0 bridgehead atoms. The van der Waals surface area contributed by atoms with E-state index < -0.39 is 32.6 Å². The van der Waals surface area contributed by atoms with Gasteiger partial charge in [-0.05, 0) is 18.8 Å². The van der Waals surface area contributed by atoms with Gasteiger partial charge >= 0.3 is 5.97 Å². The largest absolute Gasteiger partial charge is 0.481 e. The summed E-state index contributed by atoms with van der Waals surface area (Å²) in [5, 5.41) is 19.5. The second-order valence-corrected chi connectivity index (χ2v) is 8.24. The molecule has 2 rings (SSSR count). The SMILES string of the molecule is O=C(O)CC(NS(=O)(=O)c1cc([N+](=O)[O-])c(Cl)s1)C1CC1. The highest BCUT2D eigenvalue weighted by atomic mass is 35.5. The quantitative estimate of drug-likeness (QED) is 0.568. The lowest BCUT2D eigenvalue weighted by Gasteiger charge is -2.15. The normalized spacial score (nSPS) is 16.6. The Kier molecular flexibility index (Phi) is 4.51. The molecule has 1 saturated carbocycles. The lowest BCUT2D eigenvalue weighted by molar-refractivity contribution is -0.384. The summed E-state index contributed by atoms with van der Waals surface area (Å²) in [4.78, 5) is 20.7. The Hall–Kier alpha value is -1.23. The van der Waals surface area contributed by atoms with E-state index in [9.17, 15) is 23.3 Å². The smallest absolute Gasteiger partial charge is 0.304 e. The van der Waals surface area contributed by atoms with Gasteiger partial charge in [0.1, 0.15) is 4.21 Å². The van der Waals surface area contributed by atoms with Crippen molar-refractivity contribution >= 4 is 44.6 Å². The van der Waals surface area contributed by atoms with Crippen LogP contribution in [-0.2, 0) is 14.8 Å². The van der Waals surface area contributed by atoms with Gasteiger partial charge in [0, 0.05) is 12.1 Å². The molecule has 1 unspecified atom stereocenters. The van der Waals surface area contributed by atoms with Gasteiger partial charge in [0.05, 0.1) is 11.3 Å². The molecule has 0 radical (unpaired) electrons. The number of thiophene rings is 1. The van der Waals surface area contributed by atoms with Gasteiger partial charge in [-0.15, -0.1) is 11.3 Å². The maximum absolute atomic E-state index is 12.2. The van der Waals surface area contributed by atoms with Crippen molar-refractivity contribution in [2.24, 2.45) is 5.92 Å². The lowest BCUT2D eigenvalue weighted by Crippen LogP contribution is -2.37. The highest BCUT2D eigenvalue weighted by molar-refractivity contribution is 7.91. The monoisotopic (exact) mass is 354 g/mol. The molecule has 0 spiro atoms. The third kappa shape index (κ3) is 3.90. The summed E-state index contributed by atoms with van der Waals surface area (Å²) >= 11 is 6.20. The van der Waals surface area contributed by atoms with Crippen molar-refractivity contribution in [3.8, 4) is 0 Å². The zero-order valence-electron chi connectivity index (χ0n) is 10.5. The number of carbonyl (C=O) groups is 1. The molecule has 1 heterocycles. The van der Waals surface area contributed by atoms with Crippen LogP contribution >= 0.6 is 22.9 Å². The first-order chi connectivity index (χ1) is 9.70. The Balaban J connectivity index is 2.22. The molecule has 0 aliphatic heterocycles. The topological polar surface area (TPSA) is 127 Å². The molecule has 0 aromatic carbocycles. The summed E-state index contributed by atoms with van der Waals surface area (Å²) in [6.07, 6.45) is 1.18. The van der Waals surface area contributed by atoms with Crippen molar-refractivity contribution in [3.05, 3.63) is 20.5 Å². The molecular weight excluding hydrogens is 344 g/mol. The van der Waals surface area contributed by atoms with E-state index in [2.05, 4.69) is 4.72 Å². The summed E-state index contributed by atoms with van der Waals surface area (Å²) < 4.78 is 26.1. The van der Waals surface area contributed by atoms with Crippen molar-refractivity contribution in [1.82, 2.24) is 4.72 Å². The number of sulfonamides is 1. The van der Waals surface area contributed by atoms with Crippen LogP contribution in [0.1, 0.15) is 19.3 Å². The van der Waals surface area contributed by atoms with Crippen molar-refractivity contribution in [2.75, 3.05) is 0 Å². The standard InChI is InChI=1S/C10H11ClN2O6S2/c11-10-7(13(16)17)4-9(20-10)21(18,19)12-6(3-8(14)15)5-1-2-5/h4-6,12H,1-3H2,(H,14,15). The Bertz CT molecular complexity index is 682. The number of carboxylic acid groups (broad SMARTS) is 1. The van der Waals surface area contributed by atoms with E-state index in [-0.39, 0.29) is 20.9 Å². The molecule has 0 amide bonds. The van der Waals surface area contributed by atoms with Crippen molar-refractivity contribution in [1.29, 1.82) is 0 Å². The predicted molar refractivity (Wildman–Crippen MR) is 75.1 cm³/mol. The van der Waals surface area contributed by atoms with Gasteiger partial charge in [0.25, 0.3) is 15.7 Å². The minimum absolute atomic E-state index is 0.0127. The van der Waals surface area contributed by atoms with E-state index in [1.54, 1.807) is 0 Å². The predicted octanol–water partition coefficient (Wildman–Crippen LogP) is 1.84. The molecular formula is C10H11ClN2O6S2. The van der Waals surface area contributed by atoms with Gasteiger partial charge in [0.15, 0.2) is 4.34 Å². The summed E-state index contributed by atoms with van der Waals surface area (Å²) in [6.45, 7) is 0. The third-order valence-corrected chi connectivity index (χ3v) is 6.30. The lowest BCUT2D eigenvalue weighted by atomic mass is 10.1. The fraction of sp³-hybridized carbons (Fsp3) is 0.500. The van der Waals surface area contributed by atoms with Gasteiger partial charge < -0.3 is 5.11 Å². The number of hydrogen-bond acceptors (Lipinski definition) is 6. The molecule has 1 aliphatic rings. The Morgan fingerprint density at radius 2 is 2.24 bits per heavy atom. The van der Waals surface area contributed by atoms with E-state index in [0.717, 1.165) is 18.9 Å². The molecule has 116 valence electrons. The van der Waals surface area contributed by atoms with Crippen molar-refractivity contribution in [3.63, 3.8) is 0 Å². The van der Waals surface area contributed by atoms with E-state index >= 15 is 0 Å². The highest BCUT2D eigenvalue weighted by Gasteiger charge is 2.36. The summed E-state index contributed by atoms with van der Waals surface area (Å²) in [5.41, 5.74) is -0.483. The van der Waals surface area contributed by atoms with Crippen LogP contribution in [0.5, 0.6) is 0 Å². The average Bonchev–Trinajstić information content (AvgIpc) is 3.10. The van der Waals surface area contributed by atoms with Crippen LogP contribution in [0, 0.1) is 16.0 Å². The Morgan fingerprint density at radius 1 is 1.62 bits per heavy atom. The molecule has 1 aromatic heterocycles. The van der Waals surface area contributed by atoms with Crippen LogP contribution in [0.4, 0.5) is 5.69 Å². The van der Waals surface area contributed by atoms with Crippen LogP contribution in [0.2, 0.25) is 4.34 Å². The van der Waals surface area contributed by atoms with Crippen molar-refractivity contribution in [2.45, 2.75) is 29.5 Å². The molecule has 11 heteroatoms. The minimum atomic E-state index is -4.03. The number of aliphatic carboxylic acids is 1. The fourth-order valence-corrected chi connectivity index (χ4v) is 4.83. The van der Waals surface area contributed by atoms with E-state index in [1.807, 2.05) is 0 Å². The van der Waals surface area contributed by atoms with E-state index in [1.165, 1.54) is 0 Å². The third-order valence-electron chi connectivity index (χ3n) is 3.00. The number of nitro groups is 1. The first-order valence-corrected chi connectivity index (χ1v) is 8.56. The zero-order valence-corrected chi connectivity index (χ0v) is 12.9. The van der Waals surface area contributed by atoms with Gasteiger partial charge in [0.2, 0.25) is 0 Å². The van der Waals surface area contributed by atoms with Gasteiger partial charge in [-0.3, -0.25) is 14.9 Å². The van der Waals surface area contributed by atoms with Gasteiger partial charge in [-0.2, -0.15) is 0 Å². The van der Waals surface area contributed by atoms with Gasteiger partial charge in [-0.25, -0.2) is 13.1 Å². The minimum Gasteiger partial charge on any atom is -0.481 e. The summed E-state index contributed by atoms with van der Waals surface area (Å²) in [6, 6.07) is 0.160. The van der Waals surface area contributed by atoms with Crippen LogP contribution in [0.3, 0.4) is 0 Å². The Labute approximate surface area is 128 Å². The summed E-state index contributed by atoms with van der Waals surface area (Å²) in [5.74, 6) is -1.12. The molecule has 1 atom stereocenters. The first kappa shape index (κ1) is 16.1. The van der Waals surface area contributed by atoms with Crippen LogP contribution in [-0.4, -0.2) is 30.5 Å². The van der Waals surface area contributed by atoms with Crippen LogP contribution in [0.15, 0.2) is 10.3 Å². The zero-order chi connectivity index (χ0) is 15.8. The molecule has 1 aliphatic carbocycles. The van der Waals surface area contributed by atoms with Gasteiger partial charge in [-0.1, -0.05) is 11.6 Å². The first-order valence-electron chi connectivity index (χ1n) is 5.88. The van der Waals surface area contributed by atoms with E-state index in [4.69, 9.17) is 16.7 Å².